The molecular formula is C9H16O. The molecule has 58 valence electrons. The molecule has 0 radical (unpaired) electrons. The number of hydrogen-bond acceptors (Lipinski definition) is 1. The number of rotatable bonds is 3. The lowest BCUT2D eigenvalue weighted by molar-refractivity contribution is -0.112. The monoisotopic (exact) mass is 140 g/mol. The number of carbonyl (C=O) groups is 1. The Labute approximate surface area is 62.8 Å². The predicted octanol–water partition coefficient (Wildman–Crippen LogP) is 2.40. The molecule has 1 unspecified atom stereocenters. The first-order chi connectivity index (χ1) is 4.88. The van der Waals surface area contributed by atoms with Gasteiger partial charge < -0.3 is 4.79 Å². The Morgan fingerprint density at radius 2 is 2.10 bits per heavy atom. The molecule has 1 fully saturated rings. The van der Waals surface area contributed by atoms with Crippen LogP contribution in [0.25, 0.3) is 0 Å². The van der Waals surface area contributed by atoms with Gasteiger partial charge in [0, 0.05) is 5.92 Å². The van der Waals surface area contributed by atoms with E-state index < -0.39 is 0 Å². The summed E-state index contributed by atoms with van der Waals surface area (Å²) >= 11 is 0. The van der Waals surface area contributed by atoms with E-state index in [9.17, 15) is 4.79 Å². The van der Waals surface area contributed by atoms with Crippen molar-refractivity contribution < 1.29 is 4.79 Å². The molecule has 0 heterocycles. The molecular weight excluding hydrogens is 124 g/mol. The summed E-state index contributed by atoms with van der Waals surface area (Å²) in [5.41, 5.74) is 0. The van der Waals surface area contributed by atoms with Crippen LogP contribution in [0.1, 0.15) is 39.0 Å². The Morgan fingerprint density at radius 1 is 1.50 bits per heavy atom. The van der Waals surface area contributed by atoms with Gasteiger partial charge in [0.2, 0.25) is 0 Å². The van der Waals surface area contributed by atoms with Crippen LogP contribution < -0.4 is 0 Å². The summed E-state index contributed by atoms with van der Waals surface area (Å²) in [6.45, 7) is 2.11. The molecule has 0 saturated heterocycles. The van der Waals surface area contributed by atoms with E-state index in [1.165, 1.54) is 25.7 Å². The summed E-state index contributed by atoms with van der Waals surface area (Å²) in [7, 11) is 0. The summed E-state index contributed by atoms with van der Waals surface area (Å²) in [6, 6.07) is 0. The van der Waals surface area contributed by atoms with Crippen molar-refractivity contribution in [1.82, 2.24) is 0 Å². The molecule has 0 amide bonds. The predicted molar refractivity (Wildman–Crippen MR) is 41.8 cm³/mol. The molecule has 0 aliphatic heterocycles. The summed E-state index contributed by atoms with van der Waals surface area (Å²) in [6.07, 6.45) is 7.45. The second-order valence-electron chi connectivity index (χ2n) is 3.25. The van der Waals surface area contributed by atoms with E-state index in [-0.39, 0.29) is 0 Å². The standard InChI is InChI=1S/C9H16O/c1-2-8(7-10)9-5-3-4-6-9/h7-9H,2-6H2,1H3. The van der Waals surface area contributed by atoms with Crippen LogP contribution >= 0.6 is 0 Å². The first kappa shape index (κ1) is 7.77. The molecule has 1 saturated carbocycles. The smallest absolute Gasteiger partial charge is 0.123 e. The molecule has 1 aliphatic carbocycles. The maximum atomic E-state index is 10.5. The van der Waals surface area contributed by atoms with Gasteiger partial charge in [-0.1, -0.05) is 19.8 Å². The summed E-state index contributed by atoms with van der Waals surface area (Å²) in [5, 5.41) is 0. The zero-order valence-electron chi connectivity index (χ0n) is 6.68. The number of aldehydes is 1. The first-order valence-corrected chi connectivity index (χ1v) is 4.33. The molecule has 1 aliphatic rings. The molecule has 0 N–H and O–H groups in total. The third kappa shape index (κ3) is 1.59. The van der Waals surface area contributed by atoms with Gasteiger partial charge in [0.1, 0.15) is 6.29 Å². The molecule has 0 aromatic heterocycles. The van der Waals surface area contributed by atoms with Gasteiger partial charge in [0.15, 0.2) is 0 Å². The third-order valence-electron chi connectivity index (χ3n) is 2.65. The van der Waals surface area contributed by atoms with Gasteiger partial charge in [-0.25, -0.2) is 0 Å². The van der Waals surface area contributed by atoms with Crippen molar-refractivity contribution in [1.29, 1.82) is 0 Å². The highest BCUT2D eigenvalue weighted by Gasteiger charge is 2.22. The highest BCUT2D eigenvalue weighted by molar-refractivity contribution is 5.53. The van der Waals surface area contributed by atoms with Crippen molar-refractivity contribution in [3.8, 4) is 0 Å². The van der Waals surface area contributed by atoms with E-state index >= 15 is 0 Å². The minimum Gasteiger partial charge on any atom is -0.303 e. The van der Waals surface area contributed by atoms with E-state index in [2.05, 4.69) is 6.92 Å². The maximum absolute atomic E-state index is 10.5. The average Bonchev–Trinajstić information content (AvgIpc) is 2.43. The first-order valence-electron chi connectivity index (χ1n) is 4.33. The Morgan fingerprint density at radius 3 is 2.50 bits per heavy atom. The molecule has 10 heavy (non-hydrogen) atoms. The molecule has 1 heteroatoms. The molecule has 1 atom stereocenters. The second-order valence-corrected chi connectivity index (χ2v) is 3.25. The molecule has 0 aromatic rings. The van der Waals surface area contributed by atoms with Crippen molar-refractivity contribution in [2.24, 2.45) is 11.8 Å². The minimum atomic E-state index is 0.363. The van der Waals surface area contributed by atoms with Crippen LogP contribution in [0, 0.1) is 11.8 Å². The van der Waals surface area contributed by atoms with E-state index in [4.69, 9.17) is 0 Å². The highest BCUT2D eigenvalue weighted by atomic mass is 16.1. The van der Waals surface area contributed by atoms with E-state index in [1.54, 1.807) is 0 Å². The third-order valence-corrected chi connectivity index (χ3v) is 2.65. The van der Waals surface area contributed by atoms with Gasteiger partial charge in [-0.2, -0.15) is 0 Å². The summed E-state index contributed by atoms with van der Waals surface area (Å²) < 4.78 is 0. The lowest BCUT2D eigenvalue weighted by atomic mass is 9.90. The van der Waals surface area contributed by atoms with E-state index in [0.717, 1.165) is 18.6 Å². The van der Waals surface area contributed by atoms with Crippen LogP contribution in [0.15, 0.2) is 0 Å². The normalized spacial score (nSPS) is 22.9. The topological polar surface area (TPSA) is 17.1 Å². The number of hydrogen-bond donors (Lipinski definition) is 0. The van der Waals surface area contributed by atoms with Crippen LogP contribution in [-0.2, 0) is 4.79 Å². The Balaban J connectivity index is 2.36. The van der Waals surface area contributed by atoms with Gasteiger partial charge in [0.25, 0.3) is 0 Å². The Hall–Kier alpha value is -0.330. The van der Waals surface area contributed by atoms with Crippen molar-refractivity contribution in [2.75, 3.05) is 0 Å². The summed E-state index contributed by atoms with van der Waals surface area (Å²) in [4.78, 5) is 10.5. The quantitative estimate of drug-likeness (QED) is 0.550. The lowest BCUT2D eigenvalue weighted by Crippen LogP contribution is -2.11. The van der Waals surface area contributed by atoms with Gasteiger partial charge in [-0.15, -0.1) is 0 Å². The van der Waals surface area contributed by atoms with Crippen LogP contribution in [0.3, 0.4) is 0 Å². The van der Waals surface area contributed by atoms with Gasteiger partial charge in [0.05, 0.1) is 0 Å². The second kappa shape index (κ2) is 3.75. The largest absolute Gasteiger partial charge is 0.303 e. The fourth-order valence-electron chi connectivity index (χ4n) is 1.93. The zero-order valence-corrected chi connectivity index (χ0v) is 6.68. The van der Waals surface area contributed by atoms with Crippen molar-refractivity contribution >= 4 is 6.29 Å². The van der Waals surface area contributed by atoms with E-state index in [1.807, 2.05) is 0 Å². The molecule has 1 nitrogen and oxygen atoms in total. The highest BCUT2D eigenvalue weighted by Crippen LogP contribution is 2.31. The van der Waals surface area contributed by atoms with Crippen LogP contribution in [0.2, 0.25) is 0 Å². The summed E-state index contributed by atoms with van der Waals surface area (Å²) in [5.74, 6) is 1.09. The molecule has 0 aromatic carbocycles. The van der Waals surface area contributed by atoms with Crippen LogP contribution in [-0.4, -0.2) is 6.29 Å². The van der Waals surface area contributed by atoms with Crippen molar-refractivity contribution in [2.45, 2.75) is 39.0 Å². The van der Waals surface area contributed by atoms with Gasteiger partial charge >= 0.3 is 0 Å². The number of carbonyl (C=O) groups excluding carboxylic acids is 1. The lowest BCUT2D eigenvalue weighted by Gasteiger charge is -2.14. The SMILES string of the molecule is CCC(C=O)C1CCCC1. The maximum Gasteiger partial charge on any atom is 0.123 e. The van der Waals surface area contributed by atoms with E-state index in [0.29, 0.717) is 5.92 Å². The average molecular weight is 140 g/mol. The molecule has 0 bridgehead atoms. The zero-order chi connectivity index (χ0) is 7.40. The van der Waals surface area contributed by atoms with Crippen LogP contribution in [0.4, 0.5) is 0 Å². The Kier molecular flexibility index (Phi) is 2.91. The Bertz CT molecular complexity index is 103. The fraction of sp³-hybridized carbons (Fsp3) is 0.889. The van der Waals surface area contributed by atoms with Crippen LogP contribution in [0.5, 0.6) is 0 Å². The molecule has 1 rings (SSSR count). The van der Waals surface area contributed by atoms with Crippen molar-refractivity contribution in [3.63, 3.8) is 0 Å². The fourth-order valence-corrected chi connectivity index (χ4v) is 1.93. The van der Waals surface area contributed by atoms with Crippen molar-refractivity contribution in [3.05, 3.63) is 0 Å². The molecule has 0 spiro atoms. The van der Waals surface area contributed by atoms with Gasteiger partial charge in [-0.3, -0.25) is 0 Å². The van der Waals surface area contributed by atoms with Gasteiger partial charge in [-0.05, 0) is 25.2 Å². The minimum absolute atomic E-state index is 0.363.